The zero-order chi connectivity index (χ0) is 37.1. The topological polar surface area (TPSA) is 156 Å². The van der Waals surface area contributed by atoms with Gasteiger partial charge in [-0.2, -0.15) is 0 Å². The maximum atomic E-state index is 14.0. The number of aliphatic hydroxyl groups is 1. The minimum atomic E-state index is -1.15. The maximum Gasteiger partial charge on any atom is 0.339 e. The molecule has 4 heterocycles. The predicted octanol–water partition coefficient (Wildman–Crippen LogP) is 4.64. The molecule has 1 saturated heterocycles. The van der Waals surface area contributed by atoms with Crippen LogP contribution in [-0.2, 0) is 27.2 Å². The monoisotopic (exact) mass is 704 g/mol. The first-order chi connectivity index (χ1) is 24.2. The first-order valence-corrected chi connectivity index (χ1v) is 18.3. The molecule has 278 valence electrons. The van der Waals surface area contributed by atoms with E-state index in [0.29, 0.717) is 72.4 Å². The first-order valence-electron chi connectivity index (χ1n) is 18.3. The molecular weight excluding hydrogens is 648 g/mol. The van der Waals surface area contributed by atoms with Crippen molar-refractivity contribution in [3.8, 4) is 5.75 Å². The van der Waals surface area contributed by atoms with Gasteiger partial charge in [-0.3, -0.25) is 4.79 Å². The highest BCUT2D eigenvalue weighted by atomic mass is 16.6. The number of hydrogen-bond donors (Lipinski definition) is 4. The SMILES string of the molecule is CC=C(C)C(=O)OC(C)(C)C1(CC2=C(CC(=O)N3CC(CNC)C3CCC(C)C)CNC(N)=C2)Cc2cc3cc(CCCO)c(=O)oc3cc2O1. The van der Waals surface area contributed by atoms with E-state index in [4.69, 9.17) is 19.6 Å². The van der Waals surface area contributed by atoms with Gasteiger partial charge in [0.25, 0.3) is 0 Å². The number of carbonyl (C=O) groups excluding carboxylic acids is 2. The molecule has 11 nitrogen and oxygen atoms in total. The number of fused-ring (bicyclic) bond motifs is 2. The number of esters is 1. The van der Waals surface area contributed by atoms with E-state index in [1.807, 2.05) is 44.0 Å². The van der Waals surface area contributed by atoms with Crippen LogP contribution >= 0.6 is 0 Å². The van der Waals surface area contributed by atoms with Crippen LogP contribution < -0.4 is 26.7 Å². The minimum Gasteiger partial charge on any atom is -0.482 e. The van der Waals surface area contributed by atoms with Gasteiger partial charge in [-0.05, 0) is 101 Å². The number of ether oxygens (including phenoxy) is 2. The summed E-state index contributed by atoms with van der Waals surface area (Å²) in [7, 11) is 1.96. The van der Waals surface area contributed by atoms with Gasteiger partial charge >= 0.3 is 11.6 Å². The summed E-state index contributed by atoms with van der Waals surface area (Å²) in [6.45, 7) is 13.6. The number of aryl methyl sites for hydroxylation is 1. The zero-order valence-electron chi connectivity index (χ0n) is 31.3. The lowest BCUT2D eigenvalue weighted by atomic mass is 9.75. The van der Waals surface area contributed by atoms with E-state index in [9.17, 15) is 19.5 Å². The summed E-state index contributed by atoms with van der Waals surface area (Å²) in [5, 5.41) is 16.6. The molecule has 3 atom stereocenters. The molecule has 1 aromatic heterocycles. The van der Waals surface area contributed by atoms with Gasteiger partial charge in [-0.25, -0.2) is 9.59 Å². The average molecular weight is 705 g/mol. The Balaban J connectivity index is 1.51. The first kappa shape index (κ1) is 38.1. The van der Waals surface area contributed by atoms with Crippen molar-refractivity contribution in [3.63, 3.8) is 0 Å². The van der Waals surface area contributed by atoms with E-state index in [2.05, 4.69) is 24.5 Å². The second-order valence-electron chi connectivity index (χ2n) is 15.4. The van der Waals surface area contributed by atoms with Crippen LogP contribution in [0.5, 0.6) is 5.75 Å². The van der Waals surface area contributed by atoms with E-state index in [-0.39, 0.29) is 25.0 Å². The van der Waals surface area contributed by atoms with Gasteiger partial charge in [0.15, 0.2) is 5.60 Å². The van der Waals surface area contributed by atoms with Gasteiger partial charge in [-0.1, -0.05) is 19.9 Å². The Kier molecular flexibility index (Phi) is 11.7. The molecule has 1 amide bonds. The fourth-order valence-corrected chi connectivity index (χ4v) is 7.52. The largest absolute Gasteiger partial charge is 0.482 e. The fraction of sp³-hybridized carbons (Fsp3) is 0.575. The summed E-state index contributed by atoms with van der Waals surface area (Å²) < 4.78 is 18.8. The quantitative estimate of drug-likeness (QED) is 0.117. The number of aliphatic hydroxyl groups excluding tert-OH is 1. The molecule has 1 fully saturated rings. The maximum absolute atomic E-state index is 14.0. The van der Waals surface area contributed by atoms with Crippen LogP contribution in [0.1, 0.15) is 84.8 Å². The number of likely N-dealkylation sites (tertiary alicyclic amines) is 1. The fourth-order valence-electron chi connectivity index (χ4n) is 7.52. The Morgan fingerprint density at radius 2 is 2.04 bits per heavy atom. The summed E-state index contributed by atoms with van der Waals surface area (Å²) >= 11 is 0. The number of nitrogens with two attached hydrogens (primary N) is 1. The second-order valence-corrected chi connectivity index (χ2v) is 15.4. The molecule has 3 unspecified atom stereocenters. The normalized spacial score (nSPS) is 22.0. The Morgan fingerprint density at radius 1 is 1.27 bits per heavy atom. The third kappa shape index (κ3) is 8.20. The number of dihydropyridines is 1. The van der Waals surface area contributed by atoms with Crippen molar-refractivity contribution in [3.05, 3.63) is 74.4 Å². The predicted molar refractivity (Wildman–Crippen MR) is 198 cm³/mol. The van der Waals surface area contributed by atoms with Crippen molar-refractivity contribution in [2.75, 3.05) is 33.3 Å². The lowest BCUT2D eigenvalue weighted by Gasteiger charge is -2.49. The molecule has 0 bridgehead atoms. The van der Waals surface area contributed by atoms with Gasteiger partial charge < -0.3 is 40.3 Å². The van der Waals surface area contributed by atoms with Crippen LogP contribution in [0.4, 0.5) is 0 Å². The number of nitrogens with zero attached hydrogens (tertiary/aromatic N) is 1. The van der Waals surface area contributed by atoms with Crippen molar-refractivity contribution in [1.29, 1.82) is 0 Å². The number of rotatable bonds is 15. The lowest BCUT2D eigenvalue weighted by Crippen LogP contribution is -2.61. The summed E-state index contributed by atoms with van der Waals surface area (Å²) in [4.78, 5) is 42.0. The van der Waals surface area contributed by atoms with Crippen LogP contribution in [0.25, 0.3) is 11.0 Å². The number of hydrogen-bond acceptors (Lipinski definition) is 10. The minimum absolute atomic E-state index is 0.0238. The van der Waals surface area contributed by atoms with Crippen LogP contribution in [0.15, 0.2) is 62.1 Å². The summed E-state index contributed by atoms with van der Waals surface area (Å²) in [5.41, 5.74) is 7.70. The zero-order valence-corrected chi connectivity index (χ0v) is 31.3. The van der Waals surface area contributed by atoms with E-state index in [1.165, 1.54) is 0 Å². The molecule has 51 heavy (non-hydrogen) atoms. The van der Waals surface area contributed by atoms with Crippen LogP contribution in [0.2, 0.25) is 0 Å². The van der Waals surface area contributed by atoms with Crippen molar-refractivity contribution in [2.45, 2.75) is 104 Å². The van der Waals surface area contributed by atoms with Gasteiger partial charge in [0.1, 0.15) is 16.9 Å². The second kappa shape index (κ2) is 15.7. The van der Waals surface area contributed by atoms with Gasteiger partial charge in [0.2, 0.25) is 5.91 Å². The van der Waals surface area contributed by atoms with Gasteiger partial charge in [0.05, 0.1) is 12.2 Å². The molecule has 0 spiro atoms. The molecule has 3 aliphatic heterocycles. The smallest absolute Gasteiger partial charge is 0.339 e. The standard InChI is InChI=1S/C40H56N4O7/c1-8-25(4)37(47)51-39(5,6)40(20-29-15-27-14-26(10-9-13-45)38(48)49-33(27)18-34(29)50-40)19-28-16-35(41)43-22-30(28)17-36(46)44-23-31(21-42-7)32(44)12-11-24(2)3/h8,14-16,18,24,31-32,42-43,45H,9-13,17,19-23,41H2,1-7H3. The van der Waals surface area contributed by atoms with E-state index in [0.717, 1.165) is 48.0 Å². The van der Waals surface area contributed by atoms with Crippen LogP contribution in [-0.4, -0.2) is 72.4 Å². The summed E-state index contributed by atoms with van der Waals surface area (Å²) in [6, 6.07) is 5.71. The molecular formula is C40H56N4O7. The number of allylic oxidation sites excluding steroid dienone is 2. The van der Waals surface area contributed by atoms with Gasteiger partial charge in [-0.15, -0.1) is 0 Å². The number of nitrogens with one attached hydrogen (secondary N) is 2. The highest BCUT2D eigenvalue weighted by Crippen LogP contribution is 2.48. The molecule has 1 aromatic carbocycles. The Hall–Kier alpha value is -4.09. The number of carbonyl (C=O) groups is 2. The van der Waals surface area contributed by atoms with Crippen molar-refractivity contribution < 1.29 is 28.6 Å². The Bertz CT molecular complexity index is 1790. The van der Waals surface area contributed by atoms with Crippen molar-refractivity contribution in [1.82, 2.24) is 15.5 Å². The Labute approximate surface area is 301 Å². The third-order valence-corrected chi connectivity index (χ3v) is 10.9. The highest BCUT2D eigenvalue weighted by molar-refractivity contribution is 5.88. The molecule has 2 aromatic rings. The van der Waals surface area contributed by atoms with Crippen LogP contribution in [0.3, 0.4) is 0 Å². The molecule has 11 heteroatoms. The van der Waals surface area contributed by atoms with E-state index in [1.54, 1.807) is 26.0 Å². The lowest BCUT2D eigenvalue weighted by molar-refractivity contribution is -0.174. The molecule has 0 aliphatic carbocycles. The molecule has 3 aliphatic rings. The van der Waals surface area contributed by atoms with Crippen molar-refractivity contribution in [2.24, 2.45) is 17.6 Å². The Morgan fingerprint density at radius 3 is 2.73 bits per heavy atom. The van der Waals surface area contributed by atoms with Crippen LogP contribution in [0, 0.1) is 11.8 Å². The van der Waals surface area contributed by atoms with E-state index < -0.39 is 22.8 Å². The van der Waals surface area contributed by atoms with Gasteiger partial charge in [0, 0.05) is 73.6 Å². The number of amides is 1. The van der Waals surface area contributed by atoms with E-state index >= 15 is 0 Å². The molecule has 5 rings (SSSR count). The molecule has 0 radical (unpaired) electrons. The summed E-state index contributed by atoms with van der Waals surface area (Å²) in [6.07, 6.45) is 7.42. The molecule has 0 saturated carbocycles. The third-order valence-electron chi connectivity index (χ3n) is 10.9. The molecule has 5 N–H and O–H groups in total. The summed E-state index contributed by atoms with van der Waals surface area (Å²) in [5.74, 6) is 1.66. The van der Waals surface area contributed by atoms with Crippen molar-refractivity contribution >= 4 is 22.8 Å². The average Bonchev–Trinajstić information content (AvgIpc) is 3.43. The number of benzene rings is 1. The highest BCUT2D eigenvalue weighted by Gasteiger charge is 2.55.